The smallest absolute Gasteiger partial charge is 0.323 e. The van der Waals surface area contributed by atoms with Crippen molar-refractivity contribution in [2.24, 2.45) is 0 Å². The van der Waals surface area contributed by atoms with E-state index in [2.05, 4.69) is 10.3 Å². The van der Waals surface area contributed by atoms with Gasteiger partial charge in [-0.1, -0.05) is 6.07 Å². The summed E-state index contributed by atoms with van der Waals surface area (Å²) in [5.74, 6) is 0.661. The van der Waals surface area contributed by atoms with Gasteiger partial charge in [0.2, 0.25) is 0 Å². The van der Waals surface area contributed by atoms with Gasteiger partial charge in [0.25, 0.3) is 0 Å². The number of carbonyl (C=O) groups is 1. The Morgan fingerprint density at radius 1 is 1.47 bits per heavy atom. The Hall–Kier alpha value is -1.58. The summed E-state index contributed by atoms with van der Waals surface area (Å²) in [5, 5.41) is 2.83. The molecule has 15 heavy (non-hydrogen) atoms. The van der Waals surface area contributed by atoms with Crippen molar-refractivity contribution in [2.75, 3.05) is 18.4 Å². The van der Waals surface area contributed by atoms with Gasteiger partial charge >= 0.3 is 6.03 Å². The fourth-order valence-corrected chi connectivity index (χ4v) is 1.72. The van der Waals surface area contributed by atoms with Crippen molar-refractivity contribution in [3.8, 4) is 0 Å². The van der Waals surface area contributed by atoms with E-state index >= 15 is 0 Å². The first kappa shape index (κ1) is 9.96. The fraction of sp³-hybridized carbons (Fsp3) is 0.455. The summed E-state index contributed by atoms with van der Waals surface area (Å²) in [6, 6.07) is 3.77. The molecule has 2 heterocycles. The van der Waals surface area contributed by atoms with Gasteiger partial charge in [-0.3, -0.25) is 5.32 Å². The van der Waals surface area contributed by atoms with Crippen LogP contribution < -0.4 is 5.32 Å². The van der Waals surface area contributed by atoms with Crippen LogP contribution in [0.3, 0.4) is 0 Å². The van der Waals surface area contributed by atoms with E-state index < -0.39 is 0 Å². The van der Waals surface area contributed by atoms with Gasteiger partial charge in [-0.25, -0.2) is 9.78 Å². The van der Waals surface area contributed by atoms with Gasteiger partial charge in [-0.2, -0.15) is 0 Å². The summed E-state index contributed by atoms with van der Waals surface area (Å²) >= 11 is 0. The molecule has 0 unspecified atom stereocenters. The number of pyridine rings is 1. The van der Waals surface area contributed by atoms with E-state index in [0.717, 1.165) is 31.5 Å². The average molecular weight is 205 g/mol. The number of nitrogens with zero attached hydrogens (tertiary/aromatic N) is 2. The van der Waals surface area contributed by atoms with E-state index in [1.54, 1.807) is 6.20 Å². The van der Waals surface area contributed by atoms with Gasteiger partial charge in [0.05, 0.1) is 0 Å². The van der Waals surface area contributed by atoms with Crippen molar-refractivity contribution < 1.29 is 4.79 Å². The number of amides is 2. The monoisotopic (exact) mass is 205 g/mol. The first-order valence-electron chi connectivity index (χ1n) is 5.25. The number of nitrogens with one attached hydrogen (secondary N) is 1. The van der Waals surface area contributed by atoms with Crippen LogP contribution in [0.15, 0.2) is 18.3 Å². The highest BCUT2D eigenvalue weighted by Gasteiger charge is 2.18. The summed E-state index contributed by atoms with van der Waals surface area (Å²) in [7, 11) is 0. The topological polar surface area (TPSA) is 45.2 Å². The molecule has 1 fully saturated rings. The van der Waals surface area contributed by atoms with E-state index in [1.807, 2.05) is 24.0 Å². The maximum Gasteiger partial charge on any atom is 0.323 e. The van der Waals surface area contributed by atoms with E-state index in [4.69, 9.17) is 0 Å². The molecule has 0 bridgehead atoms. The van der Waals surface area contributed by atoms with Crippen molar-refractivity contribution in [1.82, 2.24) is 9.88 Å². The predicted molar refractivity (Wildman–Crippen MR) is 58.8 cm³/mol. The van der Waals surface area contributed by atoms with E-state index in [-0.39, 0.29) is 6.03 Å². The molecule has 4 heteroatoms. The van der Waals surface area contributed by atoms with E-state index in [9.17, 15) is 4.79 Å². The number of hydrogen-bond donors (Lipinski definition) is 1. The molecular weight excluding hydrogens is 190 g/mol. The summed E-state index contributed by atoms with van der Waals surface area (Å²) < 4.78 is 0. The number of urea groups is 1. The van der Waals surface area contributed by atoms with Crippen molar-refractivity contribution in [2.45, 2.75) is 19.8 Å². The van der Waals surface area contributed by atoms with Crippen LogP contribution in [0.5, 0.6) is 0 Å². The first-order valence-corrected chi connectivity index (χ1v) is 5.25. The molecule has 1 N–H and O–H groups in total. The second-order valence-electron chi connectivity index (χ2n) is 3.79. The van der Waals surface area contributed by atoms with Gasteiger partial charge in [0.1, 0.15) is 5.82 Å². The number of anilines is 1. The molecule has 2 rings (SSSR count). The van der Waals surface area contributed by atoms with Gasteiger partial charge < -0.3 is 4.90 Å². The zero-order chi connectivity index (χ0) is 10.7. The minimum absolute atomic E-state index is 0.0331. The number of rotatable bonds is 1. The van der Waals surface area contributed by atoms with Crippen LogP contribution in [0.25, 0.3) is 0 Å². The first-order chi connectivity index (χ1) is 7.27. The predicted octanol–water partition coefficient (Wildman–Crippen LogP) is 2.02. The zero-order valence-corrected chi connectivity index (χ0v) is 8.86. The molecule has 80 valence electrons. The lowest BCUT2D eigenvalue weighted by atomic mass is 10.3. The third-order valence-corrected chi connectivity index (χ3v) is 2.63. The molecule has 1 aliphatic rings. The Balaban J connectivity index is 2.02. The average Bonchev–Trinajstić information content (AvgIpc) is 2.74. The molecule has 1 aliphatic heterocycles. The summed E-state index contributed by atoms with van der Waals surface area (Å²) in [4.78, 5) is 17.7. The Morgan fingerprint density at radius 2 is 2.20 bits per heavy atom. The minimum atomic E-state index is -0.0331. The van der Waals surface area contributed by atoms with Crippen LogP contribution in [0, 0.1) is 6.92 Å². The second kappa shape index (κ2) is 4.29. The van der Waals surface area contributed by atoms with Crippen LogP contribution in [0.1, 0.15) is 18.4 Å². The lowest BCUT2D eigenvalue weighted by molar-refractivity contribution is 0.222. The van der Waals surface area contributed by atoms with E-state index in [1.165, 1.54) is 0 Å². The highest BCUT2D eigenvalue weighted by molar-refractivity contribution is 5.89. The largest absolute Gasteiger partial charge is 0.324 e. The maximum atomic E-state index is 11.7. The minimum Gasteiger partial charge on any atom is -0.324 e. The number of aromatic nitrogens is 1. The molecule has 2 amide bonds. The van der Waals surface area contributed by atoms with Crippen LogP contribution in [-0.4, -0.2) is 29.0 Å². The SMILES string of the molecule is Cc1cccnc1NC(=O)N1CCCC1. The molecular formula is C11H15N3O. The molecule has 0 saturated carbocycles. The summed E-state index contributed by atoms with van der Waals surface area (Å²) in [6.07, 6.45) is 3.90. The molecule has 0 aromatic carbocycles. The molecule has 1 saturated heterocycles. The lowest BCUT2D eigenvalue weighted by Crippen LogP contribution is -2.32. The third kappa shape index (κ3) is 2.26. The number of hydrogen-bond acceptors (Lipinski definition) is 2. The number of carbonyl (C=O) groups excluding carboxylic acids is 1. The highest BCUT2D eigenvalue weighted by Crippen LogP contribution is 2.13. The number of aryl methyl sites for hydroxylation is 1. The maximum absolute atomic E-state index is 11.7. The molecule has 1 aromatic heterocycles. The zero-order valence-electron chi connectivity index (χ0n) is 8.86. The normalized spacial score (nSPS) is 15.4. The van der Waals surface area contributed by atoms with Gasteiger partial charge in [0.15, 0.2) is 0 Å². The van der Waals surface area contributed by atoms with Gasteiger partial charge in [-0.05, 0) is 31.4 Å². The Labute approximate surface area is 89.3 Å². The molecule has 0 aliphatic carbocycles. The fourth-order valence-electron chi connectivity index (χ4n) is 1.72. The van der Waals surface area contributed by atoms with Gasteiger partial charge in [-0.15, -0.1) is 0 Å². The standard InChI is InChI=1S/C11H15N3O/c1-9-5-4-6-12-10(9)13-11(15)14-7-2-3-8-14/h4-6H,2-3,7-8H2,1H3,(H,12,13,15). The third-order valence-electron chi connectivity index (χ3n) is 2.63. The van der Waals surface area contributed by atoms with Crippen molar-refractivity contribution in [1.29, 1.82) is 0 Å². The van der Waals surface area contributed by atoms with Crippen LogP contribution in [0.2, 0.25) is 0 Å². The molecule has 0 atom stereocenters. The van der Waals surface area contributed by atoms with Crippen LogP contribution >= 0.6 is 0 Å². The molecule has 1 aromatic rings. The van der Waals surface area contributed by atoms with E-state index in [0.29, 0.717) is 5.82 Å². The van der Waals surface area contributed by atoms with Crippen LogP contribution in [-0.2, 0) is 0 Å². The van der Waals surface area contributed by atoms with Crippen molar-refractivity contribution in [3.05, 3.63) is 23.9 Å². The molecule has 0 spiro atoms. The summed E-state index contributed by atoms with van der Waals surface area (Å²) in [5.41, 5.74) is 0.991. The van der Waals surface area contributed by atoms with Crippen molar-refractivity contribution >= 4 is 11.8 Å². The van der Waals surface area contributed by atoms with Gasteiger partial charge in [0, 0.05) is 19.3 Å². The van der Waals surface area contributed by atoms with Crippen LogP contribution in [0.4, 0.5) is 10.6 Å². The number of likely N-dealkylation sites (tertiary alicyclic amines) is 1. The summed E-state index contributed by atoms with van der Waals surface area (Å²) in [6.45, 7) is 3.65. The second-order valence-corrected chi connectivity index (χ2v) is 3.79. The Bertz CT molecular complexity index is 359. The lowest BCUT2D eigenvalue weighted by Gasteiger charge is -2.16. The molecule has 0 radical (unpaired) electrons. The Morgan fingerprint density at radius 3 is 2.87 bits per heavy atom. The Kier molecular flexibility index (Phi) is 2.85. The van der Waals surface area contributed by atoms with Crippen molar-refractivity contribution in [3.63, 3.8) is 0 Å². The molecule has 4 nitrogen and oxygen atoms in total. The quantitative estimate of drug-likeness (QED) is 0.762. The highest BCUT2D eigenvalue weighted by atomic mass is 16.2.